The summed E-state index contributed by atoms with van der Waals surface area (Å²) in [4.78, 5) is 23.6. The van der Waals surface area contributed by atoms with Gasteiger partial charge in [-0.3, -0.25) is 4.79 Å². The van der Waals surface area contributed by atoms with Gasteiger partial charge >= 0.3 is 5.97 Å². The number of nitrogens with zero attached hydrogens (tertiary/aromatic N) is 2. The Labute approximate surface area is 126 Å². The minimum absolute atomic E-state index is 0.0101. The van der Waals surface area contributed by atoms with Gasteiger partial charge in [0.25, 0.3) is 0 Å². The lowest BCUT2D eigenvalue weighted by Crippen LogP contribution is -2.13. The second-order valence-electron chi connectivity index (χ2n) is 4.28. The number of halogens is 1. The van der Waals surface area contributed by atoms with Gasteiger partial charge in [0.2, 0.25) is 0 Å². The van der Waals surface area contributed by atoms with Gasteiger partial charge < -0.3 is 10.5 Å². The van der Waals surface area contributed by atoms with Gasteiger partial charge in [0.15, 0.2) is 17.2 Å². The van der Waals surface area contributed by atoms with E-state index in [0.29, 0.717) is 10.7 Å². The molecule has 0 aliphatic heterocycles. The van der Waals surface area contributed by atoms with Crippen LogP contribution in [0.15, 0.2) is 24.3 Å². The maximum Gasteiger partial charge on any atom is 0.359 e. The third kappa shape index (κ3) is 2.90. The van der Waals surface area contributed by atoms with Crippen LogP contribution in [0.4, 0.5) is 5.69 Å². The first-order valence-electron chi connectivity index (χ1n) is 6.28. The van der Waals surface area contributed by atoms with Gasteiger partial charge in [-0.05, 0) is 31.2 Å². The number of nitrogen functional groups attached to an aromatic ring is 1. The minimum atomic E-state index is -0.634. The zero-order valence-corrected chi connectivity index (χ0v) is 12.3. The Kier molecular flexibility index (Phi) is 4.28. The van der Waals surface area contributed by atoms with Crippen molar-refractivity contribution in [2.45, 2.75) is 13.8 Å². The van der Waals surface area contributed by atoms with Crippen LogP contribution in [0.3, 0.4) is 0 Å². The van der Waals surface area contributed by atoms with E-state index in [1.54, 1.807) is 31.2 Å². The van der Waals surface area contributed by atoms with E-state index in [-0.39, 0.29) is 29.5 Å². The lowest BCUT2D eigenvalue weighted by Gasteiger charge is -2.07. The Morgan fingerprint density at radius 3 is 2.48 bits per heavy atom. The van der Waals surface area contributed by atoms with Crippen LogP contribution in [0.5, 0.6) is 0 Å². The molecule has 0 saturated carbocycles. The van der Waals surface area contributed by atoms with Crippen molar-refractivity contribution in [2.75, 3.05) is 12.3 Å². The molecule has 0 saturated heterocycles. The molecule has 110 valence electrons. The smallest absolute Gasteiger partial charge is 0.359 e. The lowest BCUT2D eigenvalue weighted by molar-refractivity contribution is 0.0517. The normalized spacial score (nSPS) is 10.4. The number of carbonyl (C=O) groups is 2. The number of Topliss-reactive ketones (excluding diaryl/α,β-unsaturated/α-hetero) is 1. The molecule has 0 fully saturated rings. The summed E-state index contributed by atoms with van der Waals surface area (Å²) < 4.78 is 6.26. The quantitative estimate of drug-likeness (QED) is 0.692. The standard InChI is InChI=1S/C14H14ClN3O3/c1-3-21-14(20)13-11(16)12(8(2)19)17-18(13)10-6-4-9(15)5-7-10/h4-7H,3,16H2,1-2H3. The third-order valence-electron chi connectivity index (χ3n) is 2.80. The Bertz CT molecular complexity index is 692. The second kappa shape index (κ2) is 5.97. The van der Waals surface area contributed by atoms with Gasteiger partial charge in [0.1, 0.15) is 0 Å². The van der Waals surface area contributed by atoms with E-state index in [2.05, 4.69) is 5.10 Å². The maximum absolute atomic E-state index is 12.1. The number of carbonyl (C=O) groups excluding carboxylic acids is 2. The molecule has 6 nitrogen and oxygen atoms in total. The zero-order valence-electron chi connectivity index (χ0n) is 11.6. The second-order valence-corrected chi connectivity index (χ2v) is 4.71. The van der Waals surface area contributed by atoms with Crippen molar-refractivity contribution < 1.29 is 14.3 Å². The number of ketones is 1. The highest BCUT2D eigenvalue weighted by atomic mass is 35.5. The maximum atomic E-state index is 12.1. The van der Waals surface area contributed by atoms with E-state index in [0.717, 1.165) is 0 Å². The fourth-order valence-corrected chi connectivity index (χ4v) is 1.98. The first-order chi connectivity index (χ1) is 9.95. The van der Waals surface area contributed by atoms with E-state index in [9.17, 15) is 9.59 Å². The summed E-state index contributed by atoms with van der Waals surface area (Å²) in [5.41, 5.74) is 6.51. The van der Waals surface area contributed by atoms with Crippen molar-refractivity contribution in [3.8, 4) is 5.69 Å². The van der Waals surface area contributed by atoms with Crippen molar-refractivity contribution in [3.05, 3.63) is 40.7 Å². The van der Waals surface area contributed by atoms with Crippen LogP contribution in [0.1, 0.15) is 34.8 Å². The molecule has 0 aliphatic carbocycles. The molecule has 0 unspecified atom stereocenters. The number of rotatable bonds is 4. The van der Waals surface area contributed by atoms with Crippen LogP contribution in [0.25, 0.3) is 5.69 Å². The average Bonchev–Trinajstić information content (AvgIpc) is 2.77. The van der Waals surface area contributed by atoms with E-state index in [1.165, 1.54) is 11.6 Å². The number of anilines is 1. The predicted octanol–water partition coefficient (Wildman–Crippen LogP) is 2.49. The number of hydrogen-bond acceptors (Lipinski definition) is 5. The molecular formula is C14H14ClN3O3. The summed E-state index contributed by atoms with van der Waals surface area (Å²) in [6.07, 6.45) is 0. The molecule has 0 atom stereocenters. The van der Waals surface area contributed by atoms with Gasteiger partial charge in [0.05, 0.1) is 18.0 Å². The van der Waals surface area contributed by atoms with Crippen LogP contribution in [0.2, 0.25) is 5.02 Å². The monoisotopic (exact) mass is 307 g/mol. The minimum Gasteiger partial charge on any atom is -0.461 e. The summed E-state index contributed by atoms with van der Waals surface area (Å²) in [6, 6.07) is 6.64. The van der Waals surface area contributed by atoms with Crippen LogP contribution in [-0.4, -0.2) is 28.1 Å². The highest BCUT2D eigenvalue weighted by Crippen LogP contribution is 2.23. The van der Waals surface area contributed by atoms with Crippen molar-refractivity contribution >= 4 is 29.0 Å². The summed E-state index contributed by atoms with van der Waals surface area (Å²) in [6.45, 7) is 3.21. The van der Waals surface area contributed by atoms with Gasteiger partial charge in [0, 0.05) is 11.9 Å². The largest absolute Gasteiger partial charge is 0.461 e. The molecule has 0 amide bonds. The van der Waals surface area contributed by atoms with E-state index < -0.39 is 5.97 Å². The van der Waals surface area contributed by atoms with Crippen LogP contribution < -0.4 is 5.73 Å². The van der Waals surface area contributed by atoms with Crippen molar-refractivity contribution in [1.29, 1.82) is 0 Å². The molecule has 2 N–H and O–H groups in total. The van der Waals surface area contributed by atoms with E-state index in [1.807, 2.05) is 0 Å². The SMILES string of the molecule is CCOC(=O)c1c(N)c(C(C)=O)nn1-c1ccc(Cl)cc1. The average molecular weight is 308 g/mol. The summed E-state index contributed by atoms with van der Waals surface area (Å²) in [5.74, 6) is -0.962. The van der Waals surface area contributed by atoms with Gasteiger partial charge in [-0.1, -0.05) is 11.6 Å². The van der Waals surface area contributed by atoms with Crippen LogP contribution in [0, 0.1) is 0 Å². The van der Waals surface area contributed by atoms with E-state index >= 15 is 0 Å². The summed E-state index contributed by atoms with van der Waals surface area (Å²) in [7, 11) is 0. The van der Waals surface area contributed by atoms with Crippen molar-refractivity contribution in [2.24, 2.45) is 0 Å². The summed E-state index contributed by atoms with van der Waals surface area (Å²) in [5, 5.41) is 4.66. The number of ether oxygens (including phenoxy) is 1. The Morgan fingerprint density at radius 2 is 1.95 bits per heavy atom. The number of esters is 1. The molecule has 0 radical (unpaired) electrons. The number of hydrogen-bond donors (Lipinski definition) is 1. The predicted molar refractivity (Wildman–Crippen MR) is 78.9 cm³/mol. The van der Waals surface area contributed by atoms with Crippen LogP contribution >= 0.6 is 11.6 Å². The zero-order chi connectivity index (χ0) is 15.6. The number of aromatic nitrogens is 2. The molecular weight excluding hydrogens is 294 g/mol. The van der Waals surface area contributed by atoms with Gasteiger partial charge in [-0.2, -0.15) is 5.10 Å². The van der Waals surface area contributed by atoms with Crippen LogP contribution in [-0.2, 0) is 4.74 Å². The topological polar surface area (TPSA) is 87.2 Å². The van der Waals surface area contributed by atoms with Gasteiger partial charge in [-0.15, -0.1) is 0 Å². The highest BCUT2D eigenvalue weighted by Gasteiger charge is 2.25. The molecule has 2 rings (SSSR count). The molecule has 1 aromatic heterocycles. The summed E-state index contributed by atoms with van der Waals surface area (Å²) >= 11 is 5.84. The molecule has 0 aliphatic rings. The van der Waals surface area contributed by atoms with E-state index in [4.69, 9.17) is 22.1 Å². The Hall–Kier alpha value is -2.34. The number of benzene rings is 1. The molecule has 1 aromatic carbocycles. The third-order valence-corrected chi connectivity index (χ3v) is 3.05. The molecule has 0 bridgehead atoms. The lowest BCUT2D eigenvalue weighted by atomic mass is 10.2. The molecule has 0 spiro atoms. The Morgan fingerprint density at radius 1 is 1.33 bits per heavy atom. The highest BCUT2D eigenvalue weighted by molar-refractivity contribution is 6.30. The molecule has 1 heterocycles. The van der Waals surface area contributed by atoms with Crippen molar-refractivity contribution in [3.63, 3.8) is 0 Å². The first kappa shape index (κ1) is 15.1. The Balaban J connectivity index is 2.63. The molecule has 2 aromatic rings. The van der Waals surface area contributed by atoms with Crippen molar-refractivity contribution in [1.82, 2.24) is 9.78 Å². The molecule has 21 heavy (non-hydrogen) atoms. The fraction of sp³-hybridized carbons (Fsp3) is 0.214. The fourth-order valence-electron chi connectivity index (χ4n) is 1.86. The van der Waals surface area contributed by atoms with Gasteiger partial charge in [-0.25, -0.2) is 9.48 Å². The molecule has 7 heteroatoms. The first-order valence-corrected chi connectivity index (χ1v) is 6.66. The number of nitrogens with two attached hydrogens (primary N) is 1.